The minimum absolute atomic E-state index is 0.0924. The molecule has 1 aliphatic rings. The smallest absolute Gasteiger partial charge is 0.258 e. The summed E-state index contributed by atoms with van der Waals surface area (Å²) in [5.41, 5.74) is 4.10. The number of nitrogens with zero attached hydrogens (tertiary/aromatic N) is 5. The fraction of sp³-hybridized carbons (Fsp3) is 0.143. The van der Waals surface area contributed by atoms with Gasteiger partial charge in [0, 0.05) is 24.9 Å². The molecule has 0 spiro atoms. The number of rotatable bonds is 2. The molecule has 0 radical (unpaired) electrons. The van der Waals surface area contributed by atoms with E-state index in [0.717, 1.165) is 32.1 Å². The van der Waals surface area contributed by atoms with E-state index in [1.165, 1.54) is 0 Å². The number of imidazole rings is 1. The van der Waals surface area contributed by atoms with Gasteiger partial charge in [-0.1, -0.05) is 23.7 Å². The van der Waals surface area contributed by atoms with Crippen LogP contribution in [0.15, 0.2) is 55.1 Å². The summed E-state index contributed by atoms with van der Waals surface area (Å²) in [4.78, 5) is 28.1. The number of benzene rings is 1. The van der Waals surface area contributed by atoms with E-state index in [0.29, 0.717) is 23.6 Å². The monoisotopic (exact) mass is 434 g/mol. The molecule has 0 fully saturated rings. The summed E-state index contributed by atoms with van der Waals surface area (Å²) in [6.07, 6.45) is 5.70. The van der Waals surface area contributed by atoms with Crippen molar-refractivity contribution >= 4 is 44.6 Å². The molecule has 1 atom stereocenters. The lowest BCUT2D eigenvalue weighted by Crippen LogP contribution is -2.40. The predicted molar refractivity (Wildman–Crippen MR) is 115 cm³/mol. The highest BCUT2D eigenvalue weighted by Crippen LogP contribution is 2.38. The molecule has 1 amide bonds. The molecule has 9 heteroatoms. The van der Waals surface area contributed by atoms with Gasteiger partial charge in [0.1, 0.15) is 11.0 Å². The van der Waals surface area contributed by atoms with Gasteiger partial charge in [-0.05, 0) is 24.3 Å². The Morgan fingerprint density at radius 3 is 3.03 bits per heavy atom. The zero-order valence-electron chi connectivity index (χ0n) is 15.6. The van der Waals surface area contributed by atoms with E-state index in [1.54, 1.807) is 40.6 Å². The molecule has 5 aromatic rings. The largest absolute Gasteiger partial charge is 0.348 e. The van der Waals surface area contributed by atoms with Crippen molar-refractivity contribution in [3.05, 3.63) is 82.1 Å². The molecular formula is C21H15ClN6OS. The van der Waals surface area contributed by atoms with Gasteiger partial charge in [0.2, 0.25) is 0 Å². The topological polar surface area (TPSA) is 79.2 Å². The van der Waals surface area contributed by atoms with E-state index >= 15 is 0 Å². The first-order chi connectivity index (χ1) is 14.7. The second-order valence-electron chi connectivity index (χ2n) is 7.17. The number of H-pyrrole nitrogens is 1. The molecule has 1 N–H and O–H groups in total. The molecule has 7 nitrogen and oxygen atoms in total. The maximum absolute atomic E-state index is 13.7. The number of para-hydroxylation sites is 1. The number of carbonyl (C=O) groups is 1. The summed E-state index contributed by atoms with van der Waals surface area (Å²) in [5, 5.41) is 5.74. The number of hydrogen-bond acceptors (Lipinski definition) is 5. The van der Waals surface area contributed by atoms with Gasteiger partial charge in [-0.25, -0.2) is 14.5 Å². The Hall–Kier alpha value is -3.23. The summed E-state index contributed by atoms with van der Waals surface area (Å²) >= 11 is 7.66. The molecule has 4 aromatic heterocycles. The normalized spacial score (nSPS) is 16.3. The third kappa shape index (κ3) is 2.64. The maximum atomic E-state index is 13.7. The van der Waals surface area contributed by atoms with Crippen LogP contribution in [-0.2, 0) is 6.42 Å². The van der Waals surface area contributed by atoms with Crippen molar-refractivity contribution in [2.75, 3.05) is 6.54 Å². The first-order valence-corrected chi connectivity index (χ1v) is 10.7. The molecule has 30 heavy (non-hydrogen) atoms. The number of pyridine rings is 1. The maximum Gasteiger partial charge on any atom is 0.258 e. The van der Waals surface area contributed by atoms with E-state index in [9.17, 15) is 4.79 Å². The Bertz CT molecular complexity index is 1390. The number of nitrogens with one attached hydrogen (secondary N) is 1. The molecule has 5 heterocycles. The fourth-order valence-electron chi connectivity index (χ4n) is 4.03. The quantitative estimate of drug-likeness (QED) is 0.453. The van der Waals surface area contributed by atoms with Crippen molar-refractivity contribution in [2.45, 2.75) is 12.5 Å². The number of fused-ring (bicyclic) bond motifs is 3. The molecule has 148 valence electrons. The average molecular weight is 435 g/mol. The lowest BCUT2D eigenvalue weighted by molar-refractivity contribution is 0.0692. The third-order valence-corrected chi connectivity index (χ3v) is 6.75. The lowest BCUT2D eigenvalue weighted by Gasteiger charge is -2.33. The van der Waals surface area contributed by atoms with Gasteiger partial charge >= 0.3 is 0 Å². The molecule has 0 saturated heterocycles. The van der Waals surface area contributed by atoms with E-state index in [-0.39, 0.29) is 11.9 Å². The third-order valence-electron chi connectivity index (χ3n) is 5.44. The highest BCUT2D eigenvalue weighted by Gasteiger charge is 2.37. The zero-order valence-corrected chi connectivity index (χ0v) is 17.2. The molecule has 6 rings (SSSR count). The summed E-state index contributed by atoms with van der Waals surface area (Å²) in [5.74, 6) is -0.0924. The van der Waals surface area contributed by atoms with Gasteiger partial charge in [-0.15, -0.1) is 11.3 Å². The molecule has 0 saturated carbocycles. The van der Waals surface area contributed by atoms with Crippen LogP contribution in [0.3, 0.4) is 0 Å². The van der Waals surface area contributed by atoms with Crippen LogP contribution in [0, 0.1) is 0 Å². The number of aromatic amines is 1. The van der Waals surface area contributed by atoms with Gasteiger partial charge in [0.05, 0.1) is 44.5 Å². The van der Waals surface area contributed by atoms with Crippen molar-refractivity contribution in [1.29, 1.82) is 0 Å². The Kier molecular flexibility index (Phi) is 3.90. The molecule has 1 aliphatic heterocycles. The number of carbonyl (C=O) groups excluding carboxylic acids is 1. The Labute approximate surface area is 180 Å². The molecular weight excluding hydrogens is 420 g/mol. The summed E-state index contributed by atoms with van der Waals surface area (Å²) < 4.78 is 2.72. The number of halogens is 1. The molecule has 0 aliphatic carbocycles. The fourth-order valence-corrected chi connectivity index (χ4v) is 5.27. The standard InChI is InChI=1S/C21H15ClN6OS/c22-12-5-6-16-13(9-25-28(16)10-12)21(29)27-8-7-15-18(24-11-23-15)19(27)20-26-14-3-1-2-4-17(14)30-20/h1-6,9-11,19H,7-8H2,(H,23,24)/t19-/m0/s1. The molecule has 0 unspecified atom stereocenters. The number of hydrogen-bond donors (Lipinski definition) is 1. The van der Waals surface area contributed by atoms with Crippen molar-refractivity contribution in [1.82, 2.24) is 29.5 Å². The van der Waals surface area contributed by atoms with Crippen LogP contribution in [0.5, 0.6) is 0 Å². The average Bonchev–Trinajstić information content (AvgIpc) is 3.49. The minimum atomic E-state index is -0.341. The highest BCUT2D eigenvalue weighted by molar-refractivity contribution is 7.18. The van der Waals surface area contributed by atoms with Crippen LogP contribution >= 0.6 is 22.9 Å². The molecule has 1 aromatic carbocycles. The first-order valence-electron chi connectivity index (χ1n) is 9.50. The van der Waals surface area contributed by atoms with Crippen molar-refractivity contribution in [2.24, 2.45) is 0 Å². The van der Waals surface area contributed by atoms with Crippen LogP contribution in [0.4, 0.5) is 0 Å². The summed E-state index contributed by atoms with van der Waals surface area (Å²) in [6.45, 7) is 0.569. The first kappa shape index (κ1) is 17.6. The van der Waals surface area contributed by atoms with Gasteiger partial charge in [0.15, 0.2) is 0 Å². The Morgan fingerprint density at radius 1 is 1.23 bits per heavy atom. The summed E-state index contributed by atoms with van der Waals surface area (Å²) in [7, 11) is 0. The zero-order chi connectivity index (χ0) is 20.2. The van der Waals surface area contributed by atoms with Gasteiger partial charge in [-0.3, -0.25) is 4.79 Å². The summed E-state index contributed by atoms with van der Waals surface area (Å²) in [6, 6.07) is 11.3. The van der Waals surface area contributed by atoms with Crippen LogP contribution in [0.2, 0.25) is 5.02 Å². The van der Waals surface area contributed by atoms with Crippen molar-refractivity contribution in [3.63, 3.8) is 0 Å². The van der Waals surface area contributed by atoms with E-state index in [2.05, 4.69) is 15.1 Å². The Balaban J connectivity index is 1.48. The number of aromatic nitrogens is 5. The van der Waals surface area contributed by atoms with Crippen LogP contribution in [0.1, 0.15) is 32.8 Å². The SMILES string of the molecule is O=C(c1cnn2cc(Cl)ccc12)N1CCc2[nH]cnc2[C@H]1c1nc2ccccc2s1. The van der Waals surface area contributed by atoms with Crippen molar-refractivity contribution < 1.29 is 4.79 Å². The van der Waals surface area contributed by atoms with Crippen LogP contribution in [0.25, 0.3) is 15.7 Å². The second-order valence-corrected chi connectivity index (χ2v) is 8.67. The van der Waals surface area contributed by atoms with E-state index < -0.39 is 0 Å². The number of thiazole rings is 1. The van der Waals surface area contributed by atoms with Gasteiger partial charge < -0.3 is 9.88 Å². The van der Waals surface area contributed by atoms with E-state index in [1.807, 2.05) is 35.2 Å². The van der Waals surface area contributed by atoms with Crippen LogP contribution in [-0.4, -0.2) is 41.9 Å². The van der Waals surface area contributed by atoms with Gasteiger partial charge in [-0.2, -0.15) is 5.10 Å². The highest BCUT2D eigenvalue weighted by atomic mass is 35.5. The minimum Gasteiger partial charge on any atom is -0.348 e. The van der Waals surface area contributed by atoms with Crippen LogP contribution < -0.4 is 0 Å². The lowest BCUT2D eigenvalue weighted by atomic mass is 10.0. The van der Waals surface area contributed by atoms with E-state index in [4.69, 9.17) is 16.6 Å². The molecule has 0 bridgehead atoms. The van der Waals surface area contributed by atoms with Crippen molar-refractivity contribution in [3.8, 4) is 0 Å². The van der Waals surface area contributed by atoms with Gasteiger partial charge in [0.25, 0.3) is 5.91 Å². The second kappa shape index (κ2) is 6.65. The Morgan fingerprint density at radius 2 is 2.13 bits per heavy atom. The predicted octanol–water partition coefficient (Wildman–Crippen LogP) is 4.11. The number of amides is 1.